The maximum atomic E-state index is 12.8. The molecule has 1 saturated heterocycles. The number of carbonyl (C=O) groups excluding carboxylic acids is 2. The Morgan fingerprint density at radius 3 is 2.27 bits per heavy atom. The summed E-state index contributed by atoms with van der Waals surface area (Å²) in [5, 5.41) is 0.638. The van der Waals surface area contributed by atoms with Gasteiger partial charge in [-0.1, -0.05) is 41.8 Å². The second kappa shape index (κ2) is 9.78. The first kappa shape index (κ1) is 22.6. The summed E-state index contributed by atoms with van der Waals surface area (Å²) in [6, 6.07) is 10.7. The zero-order chi connectivity index (χ0) is 21.7. The van der Waals surface area contributed by atoms with Gasteiger partial charge in [0.1, 0.15) is 0 Å². The zero-order valence-corrected chi connectivity index (χ0v) is 18.4. The molecule has 0 aliphatic carbocycles. The molecule has 10 heteroatoms. The van der Waals surface area contributed by atoms with Gasteiger partial charge in [-0.05, 0) is 48.7 Å². The van der Waals surface area contributed by atoms with Gasteiger partial charge in [0.15, 0.2) is 0 Å². The molecule has 0 bridgehead atoms. The van der Waals surface area contributed by atoms with Gasteiger partial charge in [0.25, 0.3) is 5.91 Å². The van der Waals surface area contributed by atoms with Gasteiger partial charge in [-0.25, -0.2) is 8.42 Å². The van der Waals surface area contributed by atoms with Crippen molar-refractivity contribution in [1.82, 2.24) is 15.2 Å². The van der Waals surface area contributed by atoms with Gasteiger partial charge in [-0.2, -0.15) is 4.31 Å². The Morgan fingerprint density at radius 2 is 1.60 bits per heavy atom. The van der Waals surface area contributed by atoms with Crippen LogP contribution in [0.15, 0.2) is 47.4 Å². The molecule has 1 aliphatic rings. The van der Waals surface area contributed by atoms with Gasteiger partial charge in [-0.3, -0.25) is 20.4 Å². The van der Waals surface area contributed by atoms with Crippen LogP contribution in [0.3, 0.4) is 0 Å². The number of hydrogen-bond acceptors (Lipinski definition) is 4. The number of amides is 2. The number of halogens is 2. The molecule has 0 unspecified atom stereocenters. The highest BCUT2D eigenvalue weighted by molar-refractivity contribution is 7.89. The Balaban J connectivity index is 1.67. The van der Waals surface area contributed by atoms with Crippen molar-refractivity contribution in [2.45, 2.75) is 30.6 Å². The first-order valence-electron chi connectivity index (χ1n) is 9.41. The molecule has 2 amide bonds. The molecule has 30 heavy (non-hydrogen) atoms. The molecule has 160 valence electrons. The number of carbonyl (C=O) groups is 2. The molecule has 1 fully saturated rings. The lowest BCUT2D eigenvalue weighted by Crippen LogP contribution is -2.42. The highest BCUT2D eigenvalue weighted by Crippen LogP contribution is 2.25. The number of hydrogen-bond donors (Lipinski definition) is 2. The van der Waals surface area contributed by atoms with E-state index >= 15 is 0 Å². The molecular weight excluding hydrogens is 449 g/mol. The third-order valence-corrected chi connectivity index (χ3v) is 7.20. The number of rotatable bonds is 5. The third-order valence-electron chi connectivity index (χ3n) is 4.73. The molecule has 2 aromatic rings. The first-order chi connectivity index (χ1) is 14.3. The molecular formula is C20H21Cl2N3O4S. The smallest absolute Gasteiger partial charge is 0.271 e. The van der Waals surface area contributed by atoms with Crippen molar-refractivity contribution >= 4 is 45.0 Å². The molecule has 1 aliphatic heterocycles. The summed E-state index contributed by atoms with van der Waals surface area (Å²) in [7, 11) is -3.71. The lowest BCUT2D eigenvalue weighted by molar-refractivity contribution is -0.121. The third kappa shape index (κ3) is 5.51. The number of nitrogens with one attached hydrogen (secondary N) is 2. The summed E-state index contributed by atoms with van der Waals surface area (Å²) in [6.45, 7) is 0.903. The Morgan fingerprint density at radius 1 is 0.933 bits per heavy atom. The number of hydrazine groups is 1. The van der Waals surface area contributed by atoms with E-state index in [4.69, 9.17) is 23.2 Å². The van der Waals surface area contributed by atoms with Crippen LogP contribution >= 0.6 is 23.2 Å². The summed E-state index contributed by atoms with van der Waals surface area (Å²) in [5.74, 6) is -1.15. The van der Waals surface area contributed by atoms with E-state index in [1.165, 1.54) is 22.5 Å². The van der Waals surface area contributed by atoms with E-state index in [1.807, 2.05) is 0 Å². The predicted molar refractivity (Wildman–Crippen MR) is 115 cm³/mol. The largest absolute Gasteiger partial charge is 0.273 e. The minimum absolute atomic E-state index is 0.00793. The summed E-state index contributed by atoms with van der Waals surface area (Å²) >= 11 is 11.9. The van der Waals surface area contributed by atoms with Crippen molar-refractivity contribution in [3.05, 3.63) is 63.6 Å². The summed E-state index contributed by atoms with van der Waals surface area (Å²) in [4.78, 5) is 24.5. The van der Waals surface area contributed by atoms with Gasteiger partial charge >= 0.3 is 0 Å². The topological polar surface area (TPSA) is 95.6 Å². The minimum atomic E-state index is -3.71. The van der Waals surface area contributed by atoms with E-state index in [0.29, 0.717) is 18.1 Å². The molecule has 0 atom stereocenters. The number of sulfonamides is 1. The van der Waals surface area contributed by atoms with Crippen LogP contribution in [0.2, 0.25) is 10.0 Å². The van der Waals surface area contributed by atoms with Gasteiger partial charge in [-0.15, -0.1) is 0 Å². The molecule has 3 rings (SSSR count). The van der Waals surface area contributed by atoms with E-state index in [-0.39, 0.29) is 21.9 Å². The van der Waals surface area contributed by atoms with Crippen molar-refractivity contribution in [2.24, 2.45) is 0 Å². The summed E-state index contributed by atoms with van der Waals surface area (Å²) in [5.41, 5.74) is 5.26. The number of nitrogens with zero attached hydrogens (tertiary/aromatic N) is 1. The second-order valence-electron chi connectivity index (χ2n) is 6.91. The second-order valence-corrected chi connectivity index (χ2v) is 9.69. The first-order valence-corrected chi connectivity index (χ1v) is 11.6. The minimum Gasteiger partial charge on any atom is -0.273 e. The maximum Gasteiger partial charge on any atom is 0.271 e. The summed E-state index contributed by atoms with van der Waals surface area (Å²) < 4.78 is 27.1. The molecule has 0 aromatic heterocycles. The van der Waals surface area contributed by atoms with Gasteiger partial charge in [0.2, 0.25) is 15.9 Å². The van der Waals surface area contributed by atoms with Crippen LogP contribution in [-0.4, -0.2) is 37.6 Å². The fourth-order valence-corrected chi connectivity index (χ4v) is 4.99. The van der Waals surface area contributed by atoms with E-state index in [1.54, 1.807) is 24.3 Å². The fourth-order valence-electron chi connectivity index (χ4n) is 3.12. The normalized spacial score (nSPS) is 14.9. The molecule has 0 radical (unpaired) electrons. The fraction of sp³-hybridized carbons (Fsp3) is 0.300. The van der Waals surface area contributed by atoms with Crippen molar-refractivity contribution in [3.8, 4) is 0 Å². The van der Waals surface area contributed by atoms with Crippen molar-refractivity contribution < 1.29 is 18.0 Å². The molecule has 0 saturated carbocycles. The monoisotopic (exact) mass is 469 g/mol. The highest BCUT2D eigenvalue weighted by atomic mass is 35.5. The number of benzene rings is 2. The van der Waals surface area contributed by atoms with Crippen LogP contribution in [0.4, 0.5) is 0 Å². The number of piperidine rings is 1. The lowest BCUT2D eigenvalue weighted by Gasteiger charge is -2.26. The van der Waals surface area contributed by atoms with Gasteiger partial charge in [0.05, 0.1) is 21.9 Å². The van der Waals surface area contributed by atoms with Crippen LogP contribution < -0.4 is 10.9 Å². The average molecular weight is 470 g/mol. The van der Waals surface area contributed by atoms with E-state index in [2.05, 4.69) is 10.9 Å². The SMILES string of the molecule is O=C(Cc1ccc(Cl)cc1)NNC(=O)c1cc(S(=O)(=O)N2CCCCC2)ccc1Cl. The highest BCUT2D eigenvalue weighted by Gasteiger charge is 2.27. The Bertz CT molecular complexity index is 1040. The quantitative estimate of drug-likeness (QED) is 0.657. The Hall–Kier alpha value is -2.13. The van der Waals surface area contributed by atoms with E-state index in [0.717, 1.165) is 24.8 Å². The Kier molecular flexibility index (Phi) is 7.36. The van der Waals surface area contributed by atoms with Crippen LogP contribution in [0, 0.1) is 0 Å². The zero-order valence-electron chi connectivity index (χ0n) is 16.0. The van der Waals surface area contributed by atoms with Crippen LogP contribution in [0.5, 0.6) is 0 Å². The van der Waals surface area contributed by atoms with E-state index < -0.39 is 21.8 Å². The lowest BCUT2D eigenvalue weighted by atomic mass is 10.1. The van der Waals surface area contributed by atoms with Gasteiger partial charge in [0, 0.05) is 18.1 Å². The van der Waals surface area contributed by atoms with Crippen molar-refractivity contribution in [1.29, 1.82) is 0 Å². The van der Waals surface area contributed by atoms with Gasteiger partial charge < -0.3 is 0 Å². The Labute approximate surface area is 185 Å². The standard InChI is InChI=1S/C20H21Cl2N3O4S/c21-15-6-4-14(5-7-15)12-19(26)23-24-20(27)17-13-16(8-9-18(17)22)30(28,29)25-10-2-1-3-11-25/h4-9,13H,1-3,10-12H2,(H,23,26)(H,24,27). The molecule has 2 aromatic carbocycles. The summed E-state index contributed by atoms with van der Waals surface area (Å²) in [6.07, 6.45) is 2.64. The molecule has 7 nitrogen and oxygen atoms in total. The van der Waals surface area contributed by atoms with Crippen LogP contribution in [-0.2, 0) is 21.2 Å². The molecule has 0 spiro atoms. The molecule has 2 N–H and O–H groups in total. The average Bonchev–Trinajstić information content (AvgIpc) is 2.74. The van der Waals surface area contributed by atoms with Crippen LogP contribution in [0.25, 0.3) is 0 Å². The predicted octanol–water partition coefficient (Wildman–Crippen LogP) is 3.17. The van der Waals surface area contributed by atoms with Crippen molar-refractivity contribution in [2.75, 3.05) is 13.1 Å². The maximum absolute atomic E-state index is 12.8. The van der Waals surface area contributed by atoms with E-state index in [9.17, 15) is 18.0 Å². The van der Waals surface area contributed by atoms with Crippen molar-refractivity contribution in [3.63, 3.8) is 0 Å². The van der Waals surface area contributed by atoms with Crippen LogP contribution in [0.1, 0.15) is 35.2 Å². The molecule has 1 heterocycles.